The molecule has 0 aromatic carbocycles. The van der Waals surface area contributed by atoms with E-state index >= 15 is 0 Å². The summed E-state index contributed by atoms with van der Waals surface area (Å²) >= 11 is 6.73. The lowest BCUT2D eigenvalue weighted by Crippen LogP contribution is -2.38. The van der Waals surface area contributed by atoms with Crippen LogP contribution in [-0.2, 0) is 9.84 Å². The molecule has 13 heavy (non-hydrogen) atoms. The van der Waals surface area contributed by atoms with E-state index in [-0.39, 0.29) is 13.7 Å². The standard InChI is InChI=1S/C8H10Br2O2S/c9-4-13(11,12)8-5-2-1-3-7(8,10)6(5)8/h5-6H,1-4H2. The van der Waals surface area contributed by atoms with Crippen LogP contribution in [0.1, 0.15) is 19.3 Å². The average molecular weight is 330 g/mol. The summed E-state index contributed by atoms with van der Waals surface area (Å²) < 4.78 is 23.5. The molecule has 3 saturated carbocycles. The second kappa shape index (κ2) is 2.19. The van der Waals surface area contributed by atoms with Gasteiger partial charge in [0.2, 0.25) is 0 Å². The van der Waals surface area contributed by atoms with Gasteiger partial charge in [-0.25, -0.2) is 8.42 Å². The summed E-state index contributed by atoms with van der Waals surface area (Å²) in [6.07, 6.45) is 3.34. The van der Waals surface area contributed by atoms with E-state index in [1.165, 1.54) is 6.42 Å². The number of halogens is 2. The Kier molecular flexibility index (Phi) is 1.54. The number of fused-ring (bicyclic) bond motifs is 2. The molecule has 0 saturated heterocycles. The molecule has 0 radical (unpaired) electrons. The van der Waals surface area contributed by atoms with Crippen molar-refractivity contribution >= 4 is 41.7 Å². The van der Waals surface area contributed by atoms with Gasteiger partial charge in [-0.3, -0.25) is 0 Å². The molecule has 0 amide bonds. The Bertz CT molecular complexity index is 380. The topological polar surface area (TPSA) is 34.1 Å². The van der Waals surface area contributed by atoms with E-state index < -0.39 is 9.84 Å². The van der Waals surface area contributed by atoms with Crippen LogP contribution < -0.4 is 0 Å². The minimum Gasteiger partial charge on any atom is -0.227 e. The molecule has 0 aromatic heterocycles. The first-order valence-electron chi connectivity index (χ1n) is 4.49. The number of sulfone groups is 1. The van der Waals surface area contributed by atoms with Gasteiger partial charge in [0.15, 0.2) is 9.84 Å². The van der Waals surface area contributed by atoms with E-state index in [1.807, 2.05) is 0 Å². The molecule has 0 heterocycles. The quantitative estimate of drug-likeness (QED) is 0.727. The lowest BCUT2D eigenvalue weighted by Gasteiger charge is -2.31. The third-order valence-electron chi connectivity index (χ3n) is 4.08. The highest BCUT2D eigenvalue weighted by molar-refractivity contribution is 9.11. The lowest BCUT2D eigenvalue weighted by atomic mass is 9.88. The molecular weight excluding hydrogens is 320 g/mol. The van der Waals surface area contributed by atoms with Crippen molar-refractivity contribution in [3.8, 4) is 0 Å². The molecule has 4 unspecified atom stereocenters. The number of rotatable bonds is 2. The van der Waals surface area contributed by atoms with Crippen LogP contribution in [0.5, 0.6) is 0 Å². The maximum atomic E-state index is 11.9. The fraction of sp³-hybridized carbons (Fsp3) is 1.00. The van der Waals surface area contributed by atoms with E-state index in [9.17, 15) is 8.42 Å². The number of hydrogen-bond acceptors (Lipinski definition) is 2. The van der Waals surface area contributed by atoms with Gasteiger partial charge in [0.1, 0.15) is 4.66 Å². The van der Waals surface area contributed by atoms with Crippen LogP contribution in [0.2, 0.25) is 0 Å². The van der Waals surface area contributed by atoms with Crippen LogP contribution >= 0.6 is 31.9 Å². The summed E-state index contributed by atoms with van der Waals surface area (Å²) in [7, 11) is -2.90. The van der Waals surface area contributed by atoms with Crippen LogP contribution in [0.15, 0.2) is 0 Å². The maximum Gasteiger partial charge on any atom is 0.167 e. The van der Waals surface area contributed by atoms with Gasteiger partial charge in [-0.05, 0) is 18.8 Å². The summed E-state index contributed by atoms with van der Waals surface area (Å²) in [5.74, 6) is 0.916. The van der Waals surface area contributed by atoms with Gasteiger partial charge in [-0.2, -0.15) is 0 Å². The van der Waals surface area contributed by atoms with Crippen molar-refractivity contribution in [3.05, 3.63) is 0 Å². The van der Waals surface area contributed by atoms with Gasteiger partial charge in [0, 0.05) is 5.92 Å². The monoisotopic (exact) mass is 328 g/mol. The first-order chi connectivity index (χ1) is 6.02. The third kappa shape index (κ3) is 0.698. The molecule has 0 spiro atoms. The van der Waals surface area contributed by atoms with E-state index in [2.05, 4.69) is 31.9 Å². The number of alkyl halides is 2. The van der Waals surface area contributed by atoms with Crippen LogP contribution in [0.25, 0.3) is 0 Å². The summed E-state index contributed by atoms with van der Waals surface area (Å²) in [4.78, 5) is 0. The normalized spacial score (nSPS) is 57.1. The molecule has 0 aromatic rings. The van der Waals surface area contributed by atoms with Gasteiger partial charge < -0.3 is 0 Å². The van der Waals surface area contributed by atoms with Gasteiger partial charge in [-0.15, -0.1) is 0 Å². The Morgan fingerprint density at radius 2 is 2.15 bits per heavy atom. The number of hydrogen-bond donors (Lipinski definition) is 0. The second-order valence-electron chi connectivity index (χ2n) is 4.36. The zero-order valence-corrected chi connectivity index (χ0v) is 11.0. The summed E-state index contributed by atoms with van der Waals surface area (Å²) in [6.45, 7) is 0. The molecule has 0 bridgehead atoms. The molecule has 4 atom stereocenters. The Hall–Kier alpha value is 0.910. The molecule has 74 valence electrons. The van der Waals surface area contributed by atoms with Crippen molar-refractivity contribution in [3.63, 3.8) is 0 Å². The molecule has 3 aliphatic rings. The third-order valence-corrected chi connectivity index (χ3v) is 9.93. The molecule has 5 heteroatoms. The van der Waals surface area contributed by atoms with Crippen molar-refractivity contribution in [1.82, 2.24) is 0 Å². The molecule has 3 fully saturated rings. The predicted octanol–water partition coefficient (Wildman–Crippen LogP) is 2.07. The van der Waals surface area contributed by atoms with Crippen molar-refractivity contribution in [2.75, 3.05) is 4.66 Å². The molecule has 3 rings (SSSR count). The van der Waals surface area contributed by atoms with Gasteiger partial charge in [-0.1, -0.05) is 38.3 Å². The fourth-order valence-electron chi connectivity index (χ4n) is 3.57. The highest BCUT2D eigenvalue weighted by atomic mass is 79.9. The van der Waals surface area contributed by atoms with E-state index in [0.717, 1.165) is 12.8 Å². The van der Waals surface area contributed by atoms with Gasteiger partial charge >= 0.3 is 0 Å². The van der Waals surface area contributed by atoms with Crippen molar-refractivity contribution in [1.29, 1.82) is 0 Å². The summed E-state index contributed by atoms with van der Waals surface area (Å²) in [5, 5.41) is 0. The molecule has 3 aliphatic carbocycles. The predicted molar refractivity (Wildman–Crippen MR) is 57.9 cm³/mol. The van der Waals surface area contributed by atoms with E-state index in [0.29, 0.717) is 11.8 Å². The zero-order chi connectivity index (χ0) is 9.48. The SMILES string of the molecule is O=S(=O)(CBr)C12C3CCCC1(Br)C32. The van der Waals surface area contributed by atoms with Crippen LogP contribution in [-0.4, -0.2) is 22.2 Å². The minimum absolute atomic E-state index is 0.0183. The van der Waals surface area contributed by atoms with Crippen LogP contribution in [0.4, 0.5) is 0 Å². The lowest BCUT2D eigenvalue weighted by molar-refractivity contribution is 0.378. The van der Waals surface area contributed by atoms with Gasteiger partial charge in [0.25, 0.3) is 0 Å². The van der Waals surface area contributed by atoms with Crippen molar-refractivity contribution in [2.45, 2.75) is 28.3 Å². The average Bonchev–Trinajstić information content (AvgIpc) is 2.92. The maximum absolute atomic E-state index is 11.9. The van der Waals surface area contributed by atoms with Gasteiger partial charge in [0.05, 0.1) is 9.07 Å². The highest BCUT2D eigenvalue weighted by Gasteiger charge is 3.00. The molecule has 2 nitrogen and oxygen atoms in total. The van der Waals surface area contributed by atoms with Crippen molar-refractivity contribution in [2.24, 2.45) is 11.8 Å². The Balaban J connectivity index is 2.04. The first kappa shape index (κ1) is 9.16. The second-order valence-corrected chi connectivity index (χ2v) is 9.27. The molecular formula is C8H10Br2O2S. The fourth-order valence-corrected chi connectivity index (χ4v) is 9.25. The highest BCUT2D eigenvalue weighted by Crippen LogP contribution is 2.90. The van der Waals surface area contributed by atoms with E-state index in [1.54, 1.807) is 0 Å². The molecule has 0 aliphatic heterocycles. The van der Waals surface area contributed by atoms with Crippen LogP contribution in [0.3, 0.4) is 0 Å². The Labute approximate surface area is 94.6 Å². The summed E-state index contributed by atoms with van der Waals surface area (Å²) in [6, 6.07) is 0. The first-order valence-corrected chi connectivity index (χ1v) is 8.06. The zero-order valence-electron chi connectivity index (χ0n) is 6.96. The van der Waals surface area contributed by atoms with Crippen molar-refractivity contribution < 1.29 is 8.42 Å². The van der Waals surface area contributed by atoms with E-state index in [4.69, 9.17) is 0 Å². The minimum atomic E-state index is -2.90. The largest absolute Gasteiger partial charge is 0.227 e. The smallest absolute Gasteiger partial charge is 0.167 e. The Morgan fingerprint density at radius 1 is 1.46 bits per heavy atom. The van der Waals surface area contributed by atoms with Crippen LogP contribution in [0, 0.1) is 11.8 Å². The molecule has 0 N–H and O–H groups in total. The summed E-state index contributed by atoms with van der Waals surface area (Å²) in [5.41, 5.74) is 0. The Morgan fingerprint density at radius 3 is 2.62 bits per heavy atom.